The van der Waals surface area contributed by atoms with Gasteiger partial charge in [0.1, 0.15) is 5.58 Å². The van der Waals surface area contributed by atoms with Gasteiger partial charge in [-0.1, -0.05) is 18.2 Å². The first kappa shape index (κ1) is 18.0. The Morgan fingerprint density at radius 2 is 2.04 bits per heavy atom. The average molecular weight is 377 g/mol. The van der Waals surface area contributed by atoms with E-state index in [1.807, 2.05) is 12.3 Å². The summed E-state index contributed by atoms with van der Waals surface area (Å²) in [4.78, 5) is 28.2. The van der Waals surface area contributed by atoms with Crippen LogP contribution >= 0.6 is 0 Å². The van der Waals surface area contributed by atoms with Crippen molar-refractivity contribution in [2.24, 2.45) is 10.9 Å². The number of carbonyl (C=O) groups is 1. The van der Waals surface area contributed by atoms with Gasteiger partial charge < -0.3 is 13.9 Å². The van der Waals surface area contributed by atoms with Crippen molar-refractivity contribution in [1.29, 1.82) is 0 Å². The number of Topliss-reactive ketones (excluding diaryl/α,β-unsaturated/α-hetero) is 1. The fourth-order valence-corrected chi connectivity index (χ4v) is 3.27. The highest BCUT2D eigenvalue weighted by Crippen LogP contribution is 2.35. The minimum absolute atomic E-state index is 0.108. The molecule has 3 aromatic rings. The molecule has 6 heteroatoms. The van der Waals surface area contributed by atoms with Crippen LogP contribution in [0.1, 0.15) is 23.7 Å². The number of hydrogen-bond donors (Lipinski definition) is 0. The van der Waals surface area contributed by atoms with E-state index in [1.165, 1.54) is 6.92 Å². The van der Waals surface area contributed by atoms with Gasteiger partial charge in [-0.2, -0.15) is 0 Å². The maximum absolute atomic E-state index is 12.5. The smallest absolute Gasteiger partial charge is 0.344 e. The Labute approximate surface area is 161 Å². The fraction of sp³-hybridized carbons (Fsp3) is 0.227. The minimum Gasteiger partial charge on any atom is -0.493 e. The Balaban J connectivity index is 1.79. The molecule has 2 heterocycles. The summed E-state index contributed by atoms with van der Waals surface area (Å²) in [5.74, 6) is 1.12. The summed E-state index contributed by atoms with van der Waals surface area (Å²) in [6, 6.07) is 8.49. The largest absolute Gasteiger partial charge is 0.493 e. The quantitative estimate of drug-likeness (QED) is 0.379. The molecule has 1 aliphatic heterocycles. The van der Waals surface area contributed by atoms with E-state index < -0.39 is 5.63 Å². The molecule has 2 aromatic carbocycles. The lowest BCUT2D eigenvalue weighted by Crippen LogP contribution is -2.14. The van der Waals surface area contributed by atoms with Gasteiger partial charge in [-0.3, -0.25) is 9.79 Å². The molecular formula is C22H19NO5. The second kappa shape index (κ2) is 7.31. The second-order valence-electron chi connectivity index (χ2n) is 6.69. The molecular weight excluding hydrogens is 358 g/mol. The van der Waals surface area contributed by atoms with Crippen LogP contribution in [0, 0.1) is 5.92 Å². The molecule has 0 saturated carbocycles. The zero-order valence-electron chi connectivity index (χ0n) is 15.6. The average Bonchev–Trinajstić information content (AvgIpc) is 2.72. The lowest BCUT2D eigenvalue weighted by Gasteiger charge is -2.16. The molecule has 0 radical (unpaired) electrons. The van der Waals surface area contributed by atoms with E-state index in [-0.39, 0.29) is 11.7 Å². The number of aliphatic imine (C=N–C) groups is 1. The number of nitrogens with zero attached hydrogens (tertiary/aromatic N) is 1. The Hall–Kier alpha value is -3.41. The van der Waals surface area contributed by atoms with Gasteiger partial charge in [0.25, 0.3) is 0 Å². The third-order valence-electron chi connectivity index (χ3n) is 4.78. The molecule has 1 unspecified atom stereocenters. The van der Waals surface area contributed by atoms with E-state index in [9.17, 15) is 9.59 Å². The van der Waals surface area contributed by atoms with Crippen LogP contribution in [0.2, 0.25) is 0 Å². The third-order valence-corrected chi connectivity index (χ3v) is 4.78. The van der Waals surface area contributed by atoms with Crippen molar-refractivity contribution >= 4 is 33.7 Å². The van der Waals surface area contributed by atoms with Crippen molar-refractivity contribution in [3.05, 3.63) is 58.6 Å². The van der Waals surface area contributed by atoms with Crippen molar-refractivity contribution in [1.82, 2.24) is 0 Å². The number of fused-ring (bicyclic) bond motifs is 3. The molecule has 28 heavy (non-hydrogen) atoms. The highest BCUT2D eigenvalue weighted by atomic mass is 16.5. The van der Waals surface area contributed by atoms with Gasteiger partial charge in [0, 0.05) is 40.7 Å². The maximum atomic E-state index is 12.5. The van der Waals surface area contributed by atoms with E-state index in [0.29, 0.717) is 40.0 Å². The maximum Gasteiger partial charge on any atom is 0.344 e. The lowest BCUT2D eigenvalue weighted by atomic mass is 10.0. The second-order valence-corrected chi connectivity index (χ2v) is 6.69. The van der Waals surface area contributed by atoms with Crippen LogP contribution < -0.4 is 15.1 Å². The highest BCUT2D eigenvalue weighted by Gasteiger charge is 2.16. The molecule has 0 fully saturated rings. The van der Waals surface area contributed by atoms with Crippen molar-refractivity contribution < 1.29 is 18.7 Å². The first-order valence-electron chi connectivity index (χ1n) is 8.97. The van der Waals surface area contributed by atoms with Gasteiger partial charge in [-0.25, -0.2) is 4.79 Å². The predicted molar refractivity (Wildman–Crippen MR) is 108 cm³/mol. The Bertz CT molecular complexity index is 1190. The van der Waals surface area contributed by atoms with Crippen LogP contribution in [0.3, 0.4) is 0 Å². The number of allylic oxidation sites excluding steroid dienone is 1. The number of benzene rings is 2. The summed E-state index contributed by atoms with van der Waals surface area (Å²) in [5.41, 5.74) is 0.376. The zero-order valence-corrected chi connectivity index (χ0v) is 15.6. The van der Waals surface area contributed by atoms with Crippen LogP contribution in [0.25, 0.3) is 21.7 Å². The summed E-state index contributed by atoms with van der Waals surface area (Å²) in [6.07, 6.45) is 6.47. The zero-order chi connectivity index (χ0) is 19.7. The van der Waals surface area contributed by atoms with Crippen LogP contribution in [0.15, 0.2) is 56.8 Å². The predicted octanol–water partition coefficient (Wildman–Crippen LogP) is 4.14. The van der Waals surface area contributed by atoms with Crippen LogP contribution in [0.4, 0.5) is 0 Å². The van der Waals surface area contributed by atoms with E-state index in [4.69, 9.17) is 13.9 Å². The van der Waals surface area contributed by atoms with E-state index in [0.717, 1.165) is 11.8 Å². The number of methoxy groups -OCH3 is 1. The highest BCUT2D eigenvalue weighted by molar-refractivity contribution is 6.07. The molecule has 0 bridgehead atoms. The minimum atomic E-state index is -0.494. The van der Waals surface area contributed by atoms with Crippen LogP contribution in [-0.2, 0) is 0 Å². The van der Waals surface area contributed by atoms with Crippen molar-refractivity contribution in [2.45, 2.75) is 13.3 Å². The number of rotatable bonds is 5. The first-order valence-corrected chi connectivity index (χ1v) is 8.97. The van der Waals surface area contributed by atoms with Crippen LogP contribution in [0.5, 0.6) is 11.5 Å². The number of ketones is 1. The molecule has 1 aromatic heterocycles. The molecule has 0 aliphatic carbocycles. The Morgan fingerprint density at radius 1 is 1.18 bits per heavy atom. The van der Waals surface area contributed by atoms with E-state index >= 15 is 0 Å². The molecule has 4 rings (SSSR count). The molecule has 0 N–H and O–H groups in total. The SMILES string of the molecule is COc1cc2c(cc1OCC1C=NC=CC1)oc(=O)c1cc(C(C)=O)ccc12. The Morgan fingerprint density at radius 3 is 2.75 bits per heavy atom. The van der Waals surface area contributed by atoms with Crippen molar-refractivity contribution in [3.63, 3.8) is 0 Å². The first-order chi connectivity index (χ1) is 13.6. The lowest BCUT2D eigenvalue weighted by molar-refractivity contribution is 0.101. The molecule has 0 spiro atoms. The summed E-state index contributed by atoms with van der Waals surface area (Å²) in [6.45, 7) is 1.90. The molecule has 1 aliphatic rings. The molecule has 1 atom stereocenters. The summed E-state index contributed by atoms with van der Waals surface area (Å²) in [5, 5.41) is 1.78. The van der Waals surface area contributed by atoms with Crippen LogP contribution in [-0.4, -0.2) is 25.7 Å². The fourth-order valence-electron chi connectivity index (χ4n) is 3.27. The van der Waals surface area contributed by atoms with Gasteiger partial charge in [0.2, 0.25) is 0 Å². The van der Waals surface area contributed by atoms with Crippen molar-refractivity contribution in [2.75, 3.05) is 13.7 Å². The van der Waals surface area contributed by atoms with E-state index in [1.54, 1.807) is 43.6 Å². The summed E-state index contributed by atoms with van der Waals surface area (Å²) in [7, 11) is 1.56. The van der Waals surface area contributed by atoms with Gasteiger partial charge >= 0.3 is 5.63 Å². The van der Waals surface area contributed by atoms with Gasteiger partial charge in [0.15, 0.2) is 17.3 Å². The molecule has 142 valence electrons. The summed E-state index contributed by atoms with van der Waals surface area (Å²) >= 11 is 0. The third kappa shape index (κ3) is 3.29. The summed E-state index contributed by atoms with van der Waals surface area (Å²) < 4.78 is 16.9. The van der Waals surface area contributed by atoms with Gasteiger partial charge in [-0.15, -0.1) is 0 Å². The monoisotopic (exact) mass is 377 g/mol. The van der Waals surface area contributed by atoms with Gasteiger partial charge in [0.05, 0.1) is 19.1 Å². The Kier molecular flexibility index (Phi) is 4.69. The van der Waals surface area contributed by atoms with Gasteiger partial charge in [-0.05, 0) is 25.5 Å². The molecule has 6 nitrogen and oxygen atoms in total. The number of carbonyl (C=O) groups excluding carboxylic acids is 1. The molecule has 0 amide bonds. The molecule has 0 saturated heterocycles. The number of ether oxygens (including phenoxy) is 2. The topological polar surface area (TPSA) is 78.1 Å². The number of hydrogen-bond acceptors (Lipinski definition) is 6. The standard InChI is InChI=1S/C22H19NO5/c1-13(24)15-5-6-16-17-9-20(26-2)21(27-12-14-4-3-7-23-11-14)10-19(17)28-22(25)18(16)8-15/h3,5-11,14H,4,12H2,1-2H3. The normalized spacial score (nSPS) is 15.9. The van der Waals surface area contributed by atoms with Crippen molar-refractivity contribution in [3.8, 4) is 11.5 Å². The van der Waals surface area contributed by atoms with E-state index in [2.05, 4.69) is 4.99 Å².